The van der Waals surface area contributed by atoms with Gasteiger partial charge in [-0.3, -0.25) is 4.79 Å². The topological polar surface area (TPSA) is 86.8 Å². The first kappa shape index (κ1) is 21.9. The number of sulfone groups is 1. The number of aromatic nitrogens is 4. The molecule has 1 aromatic carbocycles. The van der Waals surface area contributed by atoms with Crippen molar-refractivity contribution >= 4 is 44.2 Å². The molecule has 0 bridgehead atoms. The van der Waals surface area contributed by atoms with Crippen molar-refractivity contribution in [2.24, 2.45) is 0 Å². The predicted molar refractivity (Wildman–Crippen MR) is 118 cm³/mol. The third-order valence-electron chi connectivity index (χ3n) is 4.24. The molecule has 0 aliphatic rings. The van der Waals surface area contributed by atoms with Crippen molar-refractivity contribution in [1.29, 1.82) is 0 Å². The minimum Gasteiger partial charge on any atom is -0.326 e. The highest BCUT2D eigenvalue weighted by molar-refractivity contribution is 8.00. The molecule has 0 saturated carbocycles. The highest BCUT2D eigenvalue weighted by atomic mass is 35.5. The van der Waals surface area contributed by atoms with E-state index in [4.69, 9.17) is 11.6 Å². The number of nitrogens with zero attached hydrogens (tertiary/aromatic N) is 4. The predicted octanol–water partition coefficient (Wildman–Crippen LogP) is 3.23. The van der Waals surface area contributed by atoms with Crippen LogP contribution in [0.15, 0.2) is 40.2 Å². The molecule has 156 valence electrons. The molecule has 2 heterocycles. The fraction of sp³-hybridized carbons (Fsp3) is 0.421. The summed E-state index contributed by atoms with van der Waals surface area (Å²) in [6.07, 6.45) is 3.28. The van der Waals surface area contributed by atoms with Gasteiger partial charge in [-0.15, -0.1) is 11.8 Å². The zero-order valence-electron chi connectivity index (χ0n) is 16.5. The van der Waals surface area contributed by atoms with Gasteiger partial charge in [0.05, 0.1) is 27.9 Å². The maximum atomic E-state index is 12.7. The highest BCUT2D eigenvalue weighted by Crippen LogP contribution is 2.27. The van der Waals surface area contributed by atoms with Crippen LogP contribution >= 0.6 is 23.4 Å². The molecule has 10 heteroatoms. The Morgan fingerprint density at radius 2 is 1.97 bits per heavy atom. The largest absolute Gasteiger partial charge is 0.326 e. The molecular formula is C19H23ClN4O3S2. The van der Waals surface area contributed by atoms with E-state index >= 15 is 0 Å². The molecule has 0 unspecified atom stereocenters. The van der Waals surface area contributed by atoms with E-state index in [9.17, 15) is 13.2 Å². The number of para-hydroxylation sites is 2. The molecule has 0 radical (unpaired) electrons. The SMILES string of the molecule is CC(C)Sc1cnn(Cc2nc3ccccc3n2CCCS(C)(=O)=O)c(=O)c1Cl. The monoisotopic (exact) mass is 454 g/mol. The zero-order valence-corrected chi connectivity index (χ0v) is 18.9. The van der Waals surface area contributed by atoms with Crippen molar-refractivity contribution in [3.63, 3.8) is 0 Å². The van der Waals surface area contributed by atoms with Crippen LogP contribution in [-0.2, 0) is 22.9 Å². The van der Waals surface area contributed by atoms with Gasteiger partial charge in [0.25, 0.3) is 5.56 Å². The minimum atomic E-state index is -3.05. The smallest absolute Gasteiger partial charge is 0.287 e. The van der Waals surface area contributed by atoms with E-state index < -0.39 is 9.84 Å². The molecule has 0 atom stereocenters. The molecule has 2 aromatic heterocycles. The molecule has 0 aliphatic heterocycles. The third-order valence-corrected chi connectivity index (χ3v) is 6.78. The van der Waals surface area contributed by atoms with Crippen molar-refractivity contribution in [2.45, 2.75) is 43.5 Å². The quantitative estimate of drug-likeness (QED) is 0.485. The number of imidazole rings is 1. The lowest BCUT2D eigenvalue weighted by atomic mass is 10.3. The van der Waals surface area contributed by atoms with Gasteiger partial charge in [0.2, 0.25) is 0 Å². The number of thioether (sulfide) groups is 1. The maximum Gasteiger partial charge on any atom is 0.287 e. The van der Waals surface area contributed by atoms with Gasteiger partial charge in [0, 0.05) is 18.1 Å². The highest BCUT2D eigenvalue weighted by Gasteiger charge is 2.16. The second-order valence-corrected chi connectivity index (χ2v) is 11.4. The summed E-state index contributed by atoms with van der Waals surface area (Å²) in [5.41, 5.74) is 1.31. The van der Waals surface area contributed by atoms with E-state index in [0.717, 1.165) is 11.0 Å². The van der Waals surface area contributed by atoms with Crippen LogP contribution in [0.4, 0.5) is 0 Å². The standard InChI is InChI=1S/C19H23ClN4O3S2/c1-13(2)28-16-11-21-24(19(25)18(16)20)12-17-22-14-7-4-5-8-15(14)23(17)9-6-10-29(3,26)27/h4-5,7-8,11,13H,6,9-10,12H2,1-3H3. The third kappa shape index (κ3) is 5.40. The second kappa shape index (κ2) is 8.89. The number of hydrogen-bond donors (Lipinski definition) is 0. The van der Waals surface area contributed by atoms with Crippen molar-refractivity contribution in [2.75, 3.05) is 12.0 Å². The Hall–Kier alpha value is -1.84. The van der Waals surface area contributed by atoms with Gasteiger partial charge in [0.1, 0.15) is 27.2 Å². The van der Waals surface area contributed by atoms with Crippen molar-refractivity contribution < 1.29 is 8.42 Å². The summed E-state index contributed by atoms with van der Waals surface area (Å²) in [6.45, 7) is 4.67. The summed E-state index contributed by atoms with van der Waals surface area (Å²) in [6, 6.07) is 7.61. The van der Waals surface area contributed by atoms with Crippen LogP contribution in [0.2, 0.25) is 5.02 Å². The molecule has 29 heavy (non-hydrogen) atoms. The second-order valence-electron chi connectivity index (χ2n) is 7.10. The number of rotatable bonds is 8. The number of benzene rings is 1. The lowest BCUT2D eigenvalue weighted by Gasteiger charge is -2.11. The number of fused-ring (bicyclic) bond motifs is 1. The van der Waals surface area contributed by atoms with Crippen LogP contribution in [0.3, 0.4) is 0 Å². The molecule has 0 amide bonds. The normalized spacial score (nSPS) is 12.2. The van der Waals surface area contributed by atoms with E-state index in [1.807, 2.05) is 42.7 Å². The van der Waals surface area contributed by atoms with Gasteiger partial charge in [-0.2, -0.15) is 5.10 Å². The molecule has 0 N–H and O–H groups in total. The molecule has 3 rings (SSSR count). The summed E-state index contributed by atoms with van der Waals surface area (Å²) in [5, 5.41) is 4.70. The molecule has 0 fully saturated rings. The van der Waals surface area contributed by atoms with E-state index in [0.29, 0.717) is 23.7 Å². The Labute approximate surface area is 179 Å². The molecule has 0 spiro atoms. The first-order valence-corrected chi connectivity index (χ1v) is 12.5. The van der Waals surface area contributed by atoms with Gasteiger partial charge in [-0.1, -0.05) is 37.6 Å². The fourth-order valence-electron chi connectivity index (χ4n) is 3.01. The lowest BCUT2D eigenvalue weighted by Crippen LogP contribution is -2.26. The first-order chi connectivity index (χ1) is 13.7. The molecule has 0 aliphatic carbocycles. The van der Waals surface area contributed by atoms with Gasteiger partial charge < -0.3 is 4.57 Å². The Bertz CT molecular complexity index is 1190. The van der Waals surface area contributed by atoms with Crippen LogP contribution in [0.1, 0.15) is 26.1 Å². The van der Waals surface area contributed by atoms with Crippen molar-refractivity contribution in [1.82, 2.24) is 19.3 Å². The Morgan fingerprint density at radius 3 is 2.66 bits per heavy atom. The first-order valence-electron chi connectivity index (χ1n) is 9.20. The van der Waals surface area contributed by atoms with E-state index in [1.165, 1.54) is 22.7 Å². The summed E-state index contributed by atoms with van der Waals surface area (Å²) in [5.74, 6) is 0.721. The molecule has 3 aromatic rings. The molecular weight excluding hydrogens is 432 g/mol. The Balaban J connectivity index is 1.95. The zero-order chi connectivity index (χ0) is 21.2. The lowest BCUT2D eigenvalue weighted by molar-refractivity contribution is 0.562. The Morgan fingerprint density at radius 1 is 1.24 bits per heavy atom. The van der Waals surface area contributed by atoms with Gasteiger partial charge >= 0.3 is 0 Å². The van der Waals surface area contributed by atoms with Crippen molar-refractivity contribution in [3.05, 3.63) is 51.7 Å². The summed E-state index contributed by atoms with van der Waals surface area (Å²) >= 11 is 7.76. The van der Waals surface area contributed by atoms with Gasteiger partial charge in [0.15, 0.2) is 0 Å². The van der Waals surface area contributed by atoms with Crippen LogP contribution in [0.25, 0.3) is 11.0 Å². The van der Waals surface area contributed by atoms with Gasteiger partial charge in [-0.05, 0) is 18.6 Å². The van der Waals surface area contributed by atoms with Crippen LogP contribution in [0, 0.1) is 0 Å². The van der Waals surface area contributed by atoms with E-state index in [1.54, 1.807) is 6.20 Å². The number of hydrogen-bond acceptors (Lipinski definition) is 6. The summed E-state index contributed by atoms with van der Waals surface area (Å²) in [7, 11) is -3.05. The van der Waals surface area contributed by atoms with Gasteiger partial charge in [-0.25, -0.2) is 18.1 Å². The average Bonchev–Trinajstić information content (AvgIpc) is 2.97. The number of halogens is 1. The Kier molecular flexibility index (Phi) is 6.70. The van der Waals surface area contributed by atoms with E-state index in [-0.39, 0.29) is 28.1 Å². The summed E-state index contributed by atoms with van der Waals surface area (Å²) in [4.78, 5) is 18.0. The minimum absolute atomic E-state index is 0.0874. The van der Waals surface area contributed by atoms with E-state index in [2.05, 4.69) is 10.1 Å². The summed E-state index contributed by atoms with van der Waals surface area (Å²) < 4.78 is 26.2. The van der Waals surface area contributed by atoms with Crippen molar-refractivity contribution in [3.8, 4) is 0 Å². The van der Waals surface area contributed by atoms with Crippen LogP contribution in [-0.4, -0.2) is 45.0 Å². The fourth-order valence-corrected chi connectivity index (χ4v) is 4.75. The average molecular weight is 455 g/mol. The van der Waals surface area contributed by atoms with Crippen LogP contribution < -0.4 is 5.56 Å². The van der Waals surface area contributed by atoms with Crippen LogP contribution in [0.5, 0.6) is 0 Å². The molecule has 0 saturated heterocycles. The maximum absolute atomic E-state index is 12.7. The molecule has 7 nitrogen and oxygen atoms in total. The number of aryl methyl sites for hydroxylation is 1.